The lowest BCUT2D eigenvalue weighted by Gasteiger charge is -2.54. The van der Waals surface area contributed by atoms with Crippen LogP contribution >= 0.6 is 0 Å². The van der Waals surface area contributed by atoms with Gasteiger partial charge >= 0.3 is 6.18 Å². The van der Waals surface area contributed by atoms with Gasteiger partial charge in [0.1, 0.15) is 5.78 Å². The van der Waals surface area contributed by atoms with Gasteiger partial charge in [-0.2, -0.15) is 13.2 Å². The summed E-state index contributed by atoms with van der Waals surface area (Å²) in [4.78, 5) is 28.0. The maximum atomic E-state index is 13.4. The van der Waals surface area contributed by atoms with Crippen LogP contribution in [0.1, 0.15) is 89.5 Å². The summed E-state index contributed by atoms with van der Waals surface area (Å²) in [5.74, 6) is 4.27. The van der Waals surface area contributed by atoms with Gasteiger partial charge in [-0.3, -0.25) is 9.59 Å². The number of benzene rings is 1. The van der Waals surface area contributed by atoms with Crippen LogP contribution in [0.2, 0.25) is 0 Å². The molecule has 1 aliphatic heterocycles. The van der Waals surface area contributed by atoms with Crippen molar-refractivity contribution in [2.45, 2.75) is 90.1 Å². The minimum absolute atomic E-state index is 0.0157. The molecule has 3 fully saturated rings. The summed E-state index contributed by atoms with van der Waals surface area (Å²) < 4.78 is 40.1. The number of hydrogen-bond donors (Lipinski definition) is 0. The Labute approximate surface area is 235 Å². The molecule has 212 valence electrons. The van der Waals surface area contributed by atoms with Crippen molar-refractivity contribution in [2.75, 3.05) is 18.0 Å². The second kappa shape index (κ2) is 9.93. The van der Waals surface area contributed by atoms with Gasteiger partial charge in [-0.05, 0) is 117 Å². The van der Waals surface area contributed by atoms with Gasteiger partial charge in [0.2, 0.25) is 0 Å². The second-order valence-electron chi connectivity index (χ2n) is 12.9. The molecule has 0 radical (unpaired) electrons. The number of hydrogen-bond acceptors (Lipinski definition) is 3. The largest absolute Gasteiger partial charge is 0.457 e. The van der Waals surface area contributed by atoms with Crippen molar-refractivity contribution < 1.29 is 22.8 Å². The second-order valence-corrected chi connectivity index (χ2v) is 12.9. The minimum atomic E-state index is -4.64. The minimum Gasteiger partial charge on any atom is -0.372 e. The van der Waals surface area contributed by atoms with Crippen LogP contribution in [0.5, 0.6) is 0 Å². The fraction of sp³-hybridized carbons (Fsp3) is 0.588. The highest BCUT2D eigenvalue weighted by atomic mass is 19.4. The molecule has 40 heavy (non-hydrogen) atoms. The number of halogens is 3. The number of piperidine rings is 1. The first-order valence-electron chi connectivity index (χ1n) is 15.0. The van der Waals surface area contributed by atoms with Crippen LogP contribution in [0.4, 0.5) is 18.9 Å². The highest BCUT2D eigenvalue weighted by molar-refractivity contribution is 5.93. The monoisotopic (exact) mass is 549 g/mol. The Balaban J connectivity index is 1.47. The summed E-state index contributed by atoms with van der Waals surface area (Å²) in [6.45, 7) is 5.59. The highest BCUT2D eigenvalue weighted by Crippen LogP contribution is 2.69. The quantitative estimate of drug-likeness (QED) is 0.362. The van der Waals surface area contributed by atoms with Crippen LogP contribution in [0, 0.1) is 34.5 Å². The Bertz CT molecular complexity index is 1340. The van der Waals surface area contributed by atoms with E-state index in [2.05, 4.69) is 35.1 Å². The van der Waals surface area contributed by atoms with E-state index in [9.17, 15) is 22.8 Å². The maximum Gasteiger partial charge on any atom is 0.457 e. The zero-order valence-electron chi connectivity index (χ0n) is 23.5. The number of rotatable bonds is 3. The molecule has 1 aromatic carbocycles. The molecule has 0 spiro atoms. The molecule has 6 rings (SSSR count). The predicted molar refractivity (Wildman–Crippen MR) is 150 cm³/mol. The number of allylic oxidation sites excluding steroid dienone is 4. The summed E-state index contributed by atoms with van der Waals surface area (Å²) >= 11 is 0. The van der Waals surface area contributed by atoms with E-state index < -0.39 is 17.0 Å². The fourth-order valence-electron chi connectivity index (χ4n) is 9.11. The van der Waals surface area contributed by atoms with Gasteiger partial charge in [0.25, 0.3) is 0 Å². The molecule has 1 heterocycles. The van der Waals surface area contributed by atoms with Crippen LogP contribution in [0.15, 0.2) is 47.1 Å². The number of carbonyl (C=O) groups is 2. The standard InChI is InChI=1S/C34H38F3NO2/c1-22(39)33(16-17-34(35,36)37)15-14-30-28-12-8-24-20-26(40)11-13-27(24)31(28)29(21-32(30,33)2)23-6-9-25(10-7-23)38-18-4-3-5-19-38/h6-7,9-10,20,28-30H,3-5,8,11-15,18-19,21H2,1-2H3/t28-,29+,30-,32-,33-/m0/s1. The van der Waals surface area contributed by atoms with Crippen LogP contribution in [-0.2, 0) is 9.59 Å². The third-order valence-corrected chi connectivity index (χ3v) is 11.0. The van der Waals surface area contributed by atoms with E-state index in [0.717, 1.165) is 43.5 Å². The van der Waals surface area contributed by atoms with Crippen LogP contribution in [0.3, 0.4) is 0 Å². The molecule has 2 saturated carbocycles. The summed E-state index contributed by atoms with van der Waals surface area (Å²) in [7, 11) is 0. The molecule has 0 aromatic heterocycles. The first-order chi connectivity index (χ1) is 19.0. The number of anilines is 1. The number of alkyl halides is 3. The first-order valence-corrected chi connectivity index (χ1v) is 15.0. The molecular weight excluding hydrogens is 511 g/mol. The maximum absolute atomic E-state index is 13.4. The molecule has 1 aromatic rings. The molecule has 5 atom stereocenters. The van der Waals surface area contributed by atoms with Gasteiger partial charge in [-0.15, -0.1) is 0 Å². The van der Waals surface area contributed by atoms with E-state index in [1.807, 2.05) is 13.0 Å². The fourth-order valence-corrected chi connectivity index (χ4v) is 9.11. The van der Waals surface area contributed by atoms with Crippen molar-refractivity contribution in [3.05, 3.63) is 52.6 Å². The normalized spacial score (nSPS) is 33.8. The van der Waals surface area contributed by atoms with Gasteiger partial charge in [-0.25, -0.2) is 0 Å². The Morgan fingerprint density at radius 3 is 2.42 bits per heavy atom. The van der Waals surface area contributed by atoms with Crippen molar-refractivity contribution in [3.63, 3.8) is 0 Å². The topological polar surface area (TPSA) is 37.4 Å². The van der Waals surface area contributed by atoms with Gasteiger partial charge in [0.05, 0.1) is 5.41 Å². The number of fused-ring (bicyclic) bond motifs is 4. The smallest absolute Gasteiger partial charge is 0.372 e. The molecule has 0 unspecified atom stereocenters. The Hall–Kier alpha value is -2.81. The van der Waals surface area contributed by atoms with Gasteiger partial charge in [0, 0.05) is 37.0 Å². The van der Waals surface area contributed by atoms with E-state index in [0.29, 0.717) is 25.7 Å². The lowest BCUT2D eigenvalue weighted by Crippen LogP contribution is -2.50. The molecule has 3 nitrogen and oxygen atoms in total. The van der Waals surface area contributed by atoms with Crippen molar-refractivity contribution in [1.29, 1.82) is 0 Å². The highest BCUT2D eigenvalue weighted by Gasteiger charge is 2.65. The van der Waals surface area contributed by atoms with Crippen LogP contribution in [0.25, 0.3) is 0 Å². The third-order valence-electron chi connectivity index (χ3n) is 11.0. The molecule has 1 saturated heterocycles. The summed E-state index contributed by atoms with van der Waals surface area (Å²) in [6.07, 6.45) is 5.41. The molecule has 6 heteroatoms. The Kier molecular flexibility index (Phi) is 6.79. The van der Waals surface area contributed by atoms with Gasteiger partial charge in [0.15, 0.2) is 5.78 Å². The zero-order valence-corrected chi connectivity index (χ0v) is 23.5. The number of carbonyl (C=O) groups excluding carboxylic acids is 2. The number of nitrogens with zero attached hydrogens (tertiary/aromatic N) is 1. The van der Waals surface area contributed by atoms with Gasteiger partial charge < -0.3 is 4.90 Å². The molecule has 0 amide bonds. The van der Waals surface area contributed by atoms with E-state index in [1.54, 1.807) is 0 Å². The number of Topliss-reactive ketones (excluding diaryl/α,β-unsaturated/α-hetero) is 1. The van der Waals surface area contributed by atoms with E-state index in [-0.39, 0.29) is 29.3 Å². The average molecular weight is 550 g/mol. The summed E-state index contributed by atoms with van der Waals surface area (Å²) in [5, 5.41) is 0. The predicted octanol–water partition coefficient (Wildman–Crippen LogP) is 7.72. The molecule has 0 bridgehead atoms. The van der Waals surface area contributed by atoms with E-state index >= 15 is 0 Å². The lowest BCUT2D eigenvalue weighted by atomic mass is 9.48. The van der Waals surface area contributed by atoms with Crippen molar-refractivity contribution in [2.24, 2.45) is 22.7 Å². The Morgan fingerprint density at radius 1 is 1.02 bits per heavy atom. The zero-order chi connectivity index (χ0) is 28.3. The average Bonchev–Trinajstić information content (AvgIpc) is 3.24. The SMILES string of the molecule is CC(=O)[C@@]1(C#CC(F)(F)F)CC[C@H]2[C@@H]3CCC4=CC(=O)CCC4=C3[C@@H](c3ccc(N4CCCCC4)cc3)C[C@@]21C. The molecule has 0 N–H and O–H groups in total. The lowest BCUT2D eigenvalue weighted by molar-refractivity contribution is -0.130. The van der Waals surface area contributed by atoms with E-state index in [4.69, 9.17) is 0 Å². The van der Waals surface area contributed by atoms with Crippen LogP contribution < -0.4 is 4.90 Å². The van der Waals surface area contributed by atoms with E-state index in [1.165, 1.54) is 48.9 Å². The third kappa shape index (κ3) is 4.45. The summed E-state index contributed by atoms with van der Waals surface area (Å²) in [6, 6.07) is 8.77. The van der Waals surface area contributed by atoms with Crippen molar-refractivity contribution in [3.8, 4) is 11.8 Å². The number of ketones is 2. The molecular formula is C34H38F3NO2. The molecule has 5 aliphatic rings. The van der Waals surface area contributed by atoms with Crippen molar-refractivity contribution >= 4 is 17.3 Å². The van der Waals surface area contributed by atoms with Crippen LogP contribution in [-0.4, -0.2) is 30.8 Å². The summed E-state index contributed by atoms with van der Waals surface area (Å²) in [5.41, 5.74) is 4.20. The van der Waals surface area contributed by atoms with Crippen molar-refractivity contribution in [1.82, 2.24) is 0 Å². The van der Waals surface area contributed by atoms with Gasteiger partial charge in [-0.1, -0.05) is 30.6 Å². The Morgan fingerprint density at radius 2 is 1.75 bits per heavy atom. The molecule has 4 aliphatic carbocycles. The first kappa shape index (κ1) is 27.4.